The van der Waals surface area contributed by atoms with Crippen molar-refractivity contribution in [3.05, 3.63) is 41.5 Å². The summed E-state index contributed by atoms with van der Waals surface area (Å²) >= 11 is 0. The molecule has 15 heavy (non-hydrogen) atoms. The summed E-state index contributed by atoms with van der Waals surface area (Å²) in [5, 5.41) is 3.65. The Labute approximate surface area is 88.5 Å². The first-order valence-electron chi connectivity index (χ1n) is 4.50. The molecular formula is C11H13N3O. The van der Waals surface area contributed by atoms with E-state index in [1.54, 1.807) is 0 Å². The molecule has 1 rings (SSSR count). The van der Waals surface area contributed by atoms with E-state index in [1.807, 2.05) is 43.3 Å². The van der Waals surface area contributed by atoms with Crippen LogP contribution in [0.25, 0.3) is 6.08 Å². The van der Waals surface area contributed by atoms with Gasteiger partial charge in [-0.2, -0.15) is 5.10 Å². The Morgan fingerprint density at radius 1 is 1.40 bits per heavy atom. The zero-order valence-corrected chi connectivity index (χ0v) is 8.47. The standard InChI is InChI=1S/C11H13N3O/c1-9(8-13-14-11(12)15)7-10-5-3-2-4-6-10/h2-8H,1H3,(H3,12,14,15)/b9-7-,13-8+. The molecule has 0 aliphatic rings. The number of allylic oxidation sites excluding steroid dienone is 1. The van der Waals surface area contributed by atoms with Crippen molar-refractivity contribution in [2.75, 3.05) is 0 Å². The lowest BCUT2D eigenvalue weighted by molar-refractivity contribution is 0.249. The van der Waals surface area contributed by atoms with Crippen LogP contribution in [0.5, 0.6) is 0 Å². The molecule has 0 radical (unpaired) electrons. The molecule has 0 unspecified atom stereocenters. The third-order valence-corrected chi connectivity index (χ3v) is 1.64. The smallest absolute Gasteiger partial charge is 0.332 e. The van der Waals surface area contributed by atoms with Gasteiger partial charge in [0, 0.05) is 0 Å². The molecule has 4 heteroatoms. The number of nitrogens with two attached hydrogens (primary N) is 1. The van der Waals surface area contributed by atoms with Gasteiger partial charge in [-0.05, 0) is 18.1 Å². The fourth-order valence-corrected chi connectivity index (χ4v) is 1.05. The number of amides is 2. The fourth-order valence-electron chi connectivity index (χ4n) is 1.05. The second-order valence-corrected chi connectivity index (χ2v) is 3.03. The summed E-state index contributed by atoms with van der Waals surface area (Å²) in [6.07, 6.45) is 3.49. The first-order valence-corrected chi connectivity index (χ1v) is 4.50. The van der Waals surface area contributed by atoms with Crippen molar-refractivity contribution < 1.29 is 4.79 Å². The van der Waals surface area contributed by atoms with Gasteiger partial charge in [0.1, 0.15) is 0 Å². The Balaban J connectivity index is 2.61. The normalized spacial score (nSPS) is 11.7. The Hall–Kier alpha value is -2.10. The van der Waals surface area contributed by atoms with Gasteiger partial charge in [0.05, 0.1) is 6.21 Å². The predicted molar refractivity (Wildman–Crippen MR) is 61.3 cm³/mol. The molecule has 0 aliphatic carbocycles. The van der Waals surface area contributed by atoms with Crippen LogP contribution in [0, 0.1) is 0 Å². The van der Waals surface area contributed by atoms with E-state index < -0.39 is 6.03 Å². The first kappa shape index (κ1) is 11.0. The molecule has 0 aromatic heterocycles. The number of hydrogen-bond acceptors (Lipinski definition) is 2. The number of rotatable bonds is 3. The monoisotopic (exact) mass is 203 g/mol. The first-order chi connectivity index (χ1) is 7.18. The summed E-state index contributed by atoms with van der Waals surface area (Å²) in [5.74, 6) is 0. The van der Waals surface area contributed by atoms with Crippen molar-refractivity contribution in [2.45, 2.75) is 6.92 Å². The van der Waals surface area contributed by atoms with Gasteiger partial charge in [-0.3, -0.25) is 0 Å². The van der Waals surface area contributed by atoms with E-state index in [0.29, 0.717) is 0 Å². The second kappa shape index (κ2) is 5.59. The maximum atomic E-state index is 10.3. The number of carbonyl (C=O) groups excluding carboxylic acids is 1. The quantitative estimate of drug-likeness (QED) is 0.570. The molecule has 0 fully saturated rings. The van der Waals surface area contributed by atoms with E-state index in [-0.39, 0.29) is 0 Å². The van der Waals surface area contributed by atoms with Crippen LogP contribution >= 0.6 is 0 Å². The summed E-state index contributed by atoms with van der Waals surface area (Å²) in [5.41, 5.74) is 8.99. The molecule has 0 atom stereocenters. The topological polar surface area (TPSA) is 67.5 Å². The highest BCUT2D eigenvalue weighted by atomic mass is 16.2. The molecule has 0 saturated heterocycles. The largest absolute Gasteiger partial charge is 0.350 e. The SMILES string of the molecule is CC(=C/c1ccccc1)/C=N/NC(N)=O. The van der Waals surface area contributed by atoms with Crippen LogP contribution in [-0.4, -0.2) is 12.2 Å². The average molecular weight is 203 g/mol. The lowest BCUT2D eigenvalue weighted by atomic mass is 10.1. The zero-order valence-electron chi connectivity index (χ0n) is 8.47. The van der Waals surface area contributed by atoms with Crippen LogP contribution in [-0.2, 0) is 0 Å². The number of primary amides is 1. The van der Waals surface area contributed by atoms with Gasteiger partial charge in [-0.15, -0.1) is 0 Å². The Morgan fingerprint density at radius 3 is 2.67 bits per heavy atom. The van der Waals surface area contributed by atoms with Gasteiger partial charge in [0.2, 0.25) is 0 Å². The van der Waals surface area contributed by atoms with Crippen molar-refractivity contribution >= 4 is 18.3 Å². The van der Waals surface area contributed by atoms with Gasteiger partial charge in [-0.1, -0.05) is 36.4 Å². The van der Waals surface area contributed by atoms with Crippen molar-refractivity contribution in [3.63, 3.8) is 0 Å². The number of carbonyl (C=O) groups is 1. The molecule has 0 heterocycles. The minimum absolute atomic E-state index is 0.668. The molecule has 1 aromatic carbocycles. The summed E-state index contributed by atoms with van der Waals surface area (Å²) in [4.78, 5) is 10.3. The van der Waals surface area contributed by atoms with Gasteiger partial charge in [0.15, 0.2) is 0 Å². The Bertz CT molecular complexity index is 382. The van der Waals surface area contributed by atoms with Gasteiger partial charge < -0.3 is 5.73 Å². The minimum atomic E-state index is -0.668. The molecule has 2 amide bonds. The predicted octanol–water partition coefficient (Wildman–Crippen LogP) is 1.74. The zero-order chi connectivity index (χ0) is 11.1. The van der Waals surface area contributed by atoms with E-state index in [0.717, 1.165) is 11.1 Å². The van der Waals surface area contributed by atoms with Crippen molar-refractivity contribution in [3.8, 4) is 0 Å². The van der Waals surface area contributed by atoms with Crippen molar-refractivity contribution in [2.24, 2.45) is 10.8 Å². The summed E-state index contributed by atoms with van der Waals surface area (Å²) in [7, 11) is 0. The third kappa shape index (κ3) is 4.61. The Kier molecular flexibility index (Phi) is 4.09. The number of nitrogens with one attached hydrogen (secondary N) is 1. The molecule has 0 spiro atoms. The van der Waals surface area contributed by atoms with E-state index in [1.165, 1.54) is 6.21 Å². The number of urea groups is 1. The van der Waals surface area contributed by atoms with Crippen molar-refractivity contribution in [1.82, 2.24) is 5.43 Å². The number of hydrogen-bond donors (Lipinski definition) is 2. The van der Waals surface area contributed by atoms with Crippen LogP contribution in [0.1, 0.15) is 12.5 Å². The maximum Gasteiger partial charge on any atom is 0.332 e. The van der Waals surface area contributed by atoms with Crippen LogP contribution in [0.15, 0.2) is 41.0 Å². The van der Waals surface area contributed by atoms with Crippen LogP contribution in [0.4, 0.5) is 4.79 Å². The summed E-state index contributed by atoms with van der Waals surface area (Å²) < 4.78 is 0. The molecule has 3 N–H and O–H groups in total. The van der Waals surface area contributed by atoms with E-state index >= 15 is 0 Å². The van der Waals surface area contributed by atoms with Crippen molar-refractivity contribution in [1.29, 1.82) is 0 Å². The molecular weight excluding hydrogens is 190 g/mol. The van der Waals surface area contributed by atoms with Gasteiger partial charge in [-0.25, -0.2) is 10.2 Å². The number of nitrogens with zero attached hydrogens (tertiary/aromatic N) is 1. The number of hydrazone groups is 1. The van der Waals surface area contributed by atoms with E-state index in [2.05, 4.69) is 10.5 Å². The second-order valence-electron chi connectivity index (χ2n) is 3.03. The molecule has 78 valence electrons. The lowest BCUT2D eigenvalue weighted by Crippen LogP contribution is -2.24. The third-order valence-electron chi connectivity index (χ3n) is 1.64. The van der Waals surface area contributed by atoms with E-state index in [4.69, 9.17) is 5.73 Å². The van der Waals surface area contributed by atoms with Crippen LogP contribution < -0.4 is 11.2 Å². The summed E-state index contributed by atoms with van der Waals surface area (Å²) in [6, 6.07) is 9.17. The maximum absolute atomic E-state index is 10.3. The van der Waals surface area contributed by atoms with Gasteiger partial charge >= 0.3 is 6.03 Å². The average Bonchev–Trinajstić information content (AvgIpc) is 2.18. The van der Waals surface area contributed by atoms with Gasteiger partial charge in [0.25, 0.3) is 0 Å². The highest BCUT2D eigenvalue weighted by molar-refractivity contribution is 5.85. The highest BCUT2D eigenvalue weighted by Crippen LogP contribution is 2.04. The molecule has 0 saturated carbocycles. The fraction of sp³-hybridized carbons (Fsp3) is 0.0909. The van der Waals surface area contributed by atoms with E-state index in [9.17, 15) is 4.79 Å². The summed E-state index contributed by atoms with van der Waals surface area (Å²) in [6.45, 7) is 1.89. The Morgan fingerprint density at radius 2 is 2.07 bits per heavy atom. The van der Waals surface area contributed by atoms with Crippen LogP contribution in [0.2, 0.25) is 0 Å². The minimum Gasteiger partial charge on any atom is -0.350 e. The highest BCUT2D eigenvalue weighted by Gasteiger charge is 1.88. The van der Waals surface area contributed by atoms with Crippen LogP contribution in [0.3, 0.4) is 0 Å². The lowest BCUT2D eigenvalue weighted by Gasteiger charge is -1.94. The molecule has 1 aromatic rings. The molecule has 4 nitrogen and oxygen atoms in total. The molecule has 0 bridgehead atoms. The molecule has 0 aliphatic heterocycles. The number of benzene rings is 1.